The predicted octanol–water partition coefficient (Wildman–Crippen LogP) is 5.12. The molecule has 0 radical (unpaired) electrons. The summed E-state index contributed by atoms with van der Waals surface area (Å²) >= 11 is 0. The van der Waals surface area contributed by atoms with Gasteiger partial charge in [-0.25, -0.2) is 14.8 Å². The van der Waals surface area contributed by atoms with E-state index in [1.165, 1.54) is 11.1 Å². The SMILES string of the molecule is Cc1ccc(NC(=O)N2CCC(n3c(CC(C)C)nc4cccnc43)CC2)cc1C. The molecule has 1 saturated heterocycles. The zero-order chi connectivity index (χ0) is 21.3. The lowest BCUT2D eigenvalue weighted by Crippen LogP contribution is -2.41. The third kappa shape index (κ3) is 4.18. The van der Waals surface area contributed by atoms with Crippen molar-refractivity contribution in [2.45, 2.75) is 53.0 Å². The maximum absolute atomic E-state index is 12.8. The van der Waals surface area contributed by atoms with Gasteiger partial charge >= 0.3 is 6.03 Å². The number of nitrogens with one attached hydrogen (secondary N) is 1. The number of hydrogen-bond acceptors (Lipinski definition) is 3. The third-order valence-corrected chi connectivity index (χ3v) is 5.99. The molecule has 1 aliphatic rings. The fourth-order valence-corrected chi connectivity index (χ4v) is 4.22. The number of imidazole rings is 1. The van der Waals surface area contributed by atoms with Crippen molar-refractivity contribution in [1.82, 2.24) is 19.4 Å². The van der Waals surface area contributed by atoms with Gasteiger partial charge in [-0.3, -0.25) is 0 Å². The molecule has 6 nitrogen and oxygen atoms in total. The van der Waals surface area contributed by atoms with Gasteiger partial charge in [0.1, 0.15) is 11.3 Å². The molecule has 1 aromatic carbocycles. The molecule has 0 unspecified atom stereocenters. The van der Waals surface area contributed by atoms with Crippen LogP contribution in [0, 0.1) is 19.8 Å². The van der Waals surface area contributed by atoms with Crippen molar-refractivity contribution in [3.8, 4) is 0 Å². The molecule has 0 atom stereocenters. The smallest absolute Gasteiger partial charge is 0.321 e. The quantitative estimate of drug-likeness (QED) is 0.656. The molecular formula is C24H31N5O. The molecule has 158 valence electrons. The Morgan fingerprint density at radius 2 is 1.93 bits per heavy atom. The van der Waals surface area contributed by atoms with E-state index in [0.717, 1.165) is 55.0 Å². The number of aromatic nitrogens is 3. The van der Waals surface area contributed by atoms with Crippen LogP contribution in [0.15, 0.2) is 36.5 Å². The summed E-state index contributed by atoms with van der Waals surface area (Å²) in [6.07, 6.45) is 4.59. The first-order chi connectivity index (χ1) is 14.4. The van der Waals surface area contributed by atoms with Gasteiger partial charge in [-0.2, -0.15) is 0 Å². The molecule has 6 heteroatoms. The summed E-state index contributed by atoms with van der Waals surface area (Å²) in [5.41, 5.74) is 5.19. The van der Waals surface area contributed by atoms with Crippen LogP contribution in [0.1, 0.15) is 49.7 Å². The minimum absolute atomic E-state index is 0.0206. The topological polar surface area (TPSA) is 63.1 Å². The van der Waals surface area contributed by atoms with Gasteiger partial charge in [0, 0.05) is 37.4 Å². The summed E-state index contributed by atoms with van der Waals surface area (Å²) in [6, 6.07) is 10.3. The Balaban J connectivity index is 1.46. The maximum Gasteiger partial charge on any atom is 0.321 e. The molecule has 2 aromatic heterocycles. The number of nitrogens with zero attached hydrogens (tertiary/aromatic N) is 4. The van der Waals surface area contributed by atoms with Crippen molar-refractivity contribution >= 4 is 22.9 Å². The Labute approximate surface area is 178 Å². The fraction of sp³-hybridized carbons (Fsp3) is 0.458. The van der Waals surface area contributed by atoms with Crippen molar-refractivity contribution in [3.05, 3.63) is 53.5 Å². The second kappa shape index (κ2) is 8.46. The first-order valence-electron chi connectivity index (χ1n) is 10.9. The van der Waals surface area contributed by atoms with Crippen molar-refractivity contribution in [2.75, 3.05) is 18.4 Å². The number of benzene rings is 1. The molecule has 30 heavy (non-hydrogen) atoms. The number of carbonyl (C=O) groups is 1. The zero-order valence-corrected chi connectivity index (χ0v) is 18.4. The molecule has 1 aliphatic heterocycles. The fourth-order valence-electron chi connectivity index (χ4n) is 4.22. The van der Waals surface area contributed by atoms with Gasteiger partial charge in [0.05, 0.1) is 0 Å². The number of anilines is 1. The van der Waals surface area contributed by atoms with E-state index in [1.807, 2.05) is 41.4 Å². The highest BCUT2D eigenvalue weighted by atomic mass is 16.2. The van der Waals surface area contributed by atoms with Crippen LogP contribution < -0.4 is 5.32 Å². The van der Waals surface area contributed by atoms with E-state index in [9.17, 15) is 4.79 Å². The predicted molar refractivity (Wildman–Crippen MR) is 121 cm³/mol. The van der Waals surface area contributed by atoms with Gasteiger partial charge in [-0.15, -0.1) is 0 Å². The van der Waals surface area contributed by atoms with E-state index in [4.69, 9.17) is 4.98 Å². The first kappa shape index (κ1) is 20.4. The molecule has 3 aromatic rings. The number of carbonyl (C=O) groups excluding carboxylic acids is 1. The number of hydrogen-bond donors (Lipinski definition) is 1. The molecule has 0 aliphatic carbocycles. The van der Waals surface area contributed by atoms with Gasteiger partial charge < -0.3 is 14.8 Å². The molecular weight excluding hydrogens is 374 g/mol. The van der Waals surface area contributed by atoms with Crippen LogP contribution in [-0.2, 0) is 6.42 Å². The Bertz CT molecular complexity index is 1050. The molecule has 2 amide bonds. The summed E-state index contributed by atoms with van der Waals surface area (Å²) in [7, 11) is 0. The highest BCUT2D eigenvalue weighted by molar-refractivity contribution is 5.89. The van der Waals surface area contributed by atoms with Crippen molar-refractivity contribution in [3.63, 3.8) is 0 Å². The number of urea groups is 1. The third-order valence-electron chi connectivity index (χ3n) is 5.99. The lowest BCUT2D eigenvalue weighted by molar-refractivity contribution is 0.183. The van der Waals surface area contributed by atoms with Gasteiger partial charge in [-0.1, -0.05) is 19.9 Å². The second-order valence-corrected chi connectivity index (χ2v) is 8.79. The summed E-state index contributed by atoms with van der Waals surface area (Å²) in [6.45, 7) is 10.0. The number of pyridine rings is 1. The standard InChI is InChI=1S/C24H31N5O/c1-16(2)14-22-27-21-6-5-11-25-23(21)29(22)20-9-12-28(13-10-20)24(30)26-19-8-7-17(3)18(4)15-19/h5-8,11,15-16,20H,9-10,12-14H2,1-4H3,(H,26,30). The van der Waals surface area contributed by atoms with Crippen LogP contribution in [-0.4, -0.2) is 38.6 Å². The summed E-state index contributed by atoms with van der Waals surface area (Å²) in [5, 5.41) is 3.05. The minimum atomic E-state index is -0.0206. The Morgan fingerprint density at radius 1 is 1.17 bits per heavy atom. The monoisotopic (exact) mass is 405 g/mol. The zero-order valence-electron chi connectivity index (χ0n) is 18.4. The molecule has 4 rings (SSSR count). The number of likely N-dealkylation sites (tertiary alicyclic amines) is 1. The molecule has 1 N–H and O–H groups in total. The Morgan fingerprint density at radius 3 is 2.63 bits per heavy atom. The van der Waals surface area contributed by atoms with Gasteiger partial charge in [0.2, 0.25) is 0 Å². The summed E-state index contributed by atoms with van der Waals surface area (Å²) in [5.74, 6) is 1.64. The number of amides is 2. The van der Waals surface area contributed by atoms with Crippen LogP contribution in [0.5, 0.6) is 0 Å². The normalized spacial score (nSPS) is 15.2. The lowest BCUT2D eigenvalue weighted by atomic mass is 10.0. The first-order valence-corrected chi connectivity index (χ1v) is 10.9. The second-order valence-electron chi connectivity index (χ2n) is 8.79. The molecule has 0 spiro atoms. The van der Waals surface area contributed by atoms with Crippen LogP contribution in [0.3, 0.4) is 0 Å². The van der Waals surface area contributed by atoms with E-state index in [1.54, 1.807) is 0 Å². The summed E-state index contributed by atoms with van der Waals surface area (Å²) < 4.78 is 2.33. The van der Waals surface area contributed by atoms with Gasteiger partial charge in [0.15, 0.2) is 5.65 Å². The van der Waals surface area contributed by atoms with E-state index >= 15 is 0 Å². The number of fused-ring (bicyclic) bond motifs is 1. The van der Waals surface area contributed by atoms with Crippen molar-refractivity contribution in [1.29, 1.82) is 0 Å². The minimum Gasteiger partial charge on any atom is -0.324 e. The largest absolute Gasteiger partial charge is 0.324 e. The van der Waals surface area contributed by atoms with Crippen molar-refractivity contribution in [2.24, 2.45) is 5.92 Å². The van der Waals surface area contributed by atoms with Gasteiger partial charge in [-0.05, 0) is 68.0 Å². The van der Waals surface area contributed by atoms with E-state index < -0.39 is 0 Å². The number of rotatable bonds is 4. The van der Waals surface area contributed by atoms with E-state index in [-0.39, 0.29) is 6.03 Å². The molecule has 3 heterocycles. The Kier molecular flexibility index (Phi) is 5.75. The lowest BCUT2D eigenvalue weighted by Gasteiger charge is -2.33. The Hall–Kier alpha value is -2.89. The molecule has 1 fully saturated rings. The van der Waals surface area contributed by atoms with Crippen LogP contribution in [0.2, 0.25) is 0 Å². The van der Waals surface area contributed by atoms with Crippen molar-refractivity contribution < 1.29 is 4.79 Å². The maximum atomic E-state index is 12.8. The van der Waals surface area contributed by atoms with Crippen LogP contribution in [0.4, 0.5) is 10.5 Å². The molecule has 0 saturated carbocycles. The average molecular weight is 406 g/mol. The number of aryl methyl sites for hydroxylation is 2. The van der Waals surface area contributed by atoms with Crippen LogP contribution >= 0.6 is 0 Å². The van der Waals surface area contributed by atoms with E-state index in [2.05, 4.69) is 42.6 Å². The highest BCUT2D eigenvalue weighted by Crippen LogP contribution is 2.29. The number of piperidine rings is 1. The van der Waals surface area contributed by atoms with Crippen LogP contribution in [0.25, 0.3) is 11.2 Å². The van der Waals surface area contributed by atoms with Gasteiger partial charge in [0.25, 0.3) is 0 Å². The summed E-state index contributed by atoms with van der Waals surface area (Å²) in [4.78, 5) is 24.2. The van der Waals surface area contributed by atoms with E-state index in [0.29, 0.717) is 12.0 Å². The molecule has 0 bridgehead atoms. The highest BCUT2D eigenvalue weighted by Gasteiger charge is 2.27. The average Bonchev–Trinajstić information content (AvgIpc) is 3.08.